The first-order chi connectivity index (χ1) is 8.97. The molecule has 0 saturated heterocycles. The van der Waals surface area contributed by atoms with Crippen LogP contribution in [0.4, 0.5) is 5.82 Å². The van der Waals surface area contributed by atoms with Gasteiger partial charge in [-0.3, -0.25) is 4.79 Å². The first-order valence-electron chi connectivity index (χ1n) is 5.75. The number of rotatable bonds is 5. The second kappa shape index (κ2) is 5.95. The number of esters is 1. The standard InChI is InChI=1S/C11H14N4O4/c1-4-14-7(3)13-10(15(17)18)9(14)8(6-12)11(16)19-5-2/h8H,4-5H2,1-3H3. The van der Waals surface area contributed by atoms with Gasteiger partial charge in [-0.05, 0) is 23.8 Å². The molecule has 1 atom stereocenters. The number of ether oxygens (including phenoxy) is 1. The zero-order valence-electron chi connectivity index (χ0n) is 10.9. The first kappa shape index (κ1) is 14.6. The molecule has 0 spiro atoms. The van der Waals surface area contributed by atoms with Crippen molar-refractivity contribution in [2.75, 3.05) is 6.61 Å². The molecule has 1 rings (SSSR count). The lowest BCUT2D eigenvalue weighted by Gasteiger charge is -2.10. The van der Waals surface area contributed by atoms with Gasteiger partial charge in [-0.25, -0.2) is 0 Å². The normalized spacial score (nSPS) is 11.7. The van der Waals surface area contributed by atoms with Crippen LogP contribution >= 0.6 is 0 Å². The quantitative estimate of drug-likeness (QED) is 0.451. The van der Waals surface area contributed by atoms with Crippen molar-refractivity contribution in [2.45, 2.75) is 33.2 Å². The molecule has 0 fully saturated rings. The van der Waals surface area contributed by atoms with Crippen LogP contribution in [0.3, 0.4) is 0 Å². The van der Waals surface area contributed by atoms with Crippen molar-refractivity contribution in [3.8, 4) is 6.07 Å². The molecule has 0 aliphatic carbocycles. The number of hydrogen-bond acceptors (Lipinski definition) is 6. The summed E-state index contributed by atoms with van der Waals surface area (Å²) >= 11 is 0. The van der Waals surface area contributed by atoms with Gasteiger partial charge in [0.15, 0.2) is 5.92 Å². The topological polar surface area (TPSA) is 111 Å². The molecule has 19 heavy (non-hydrogen) atoms. The lowest BCUT2D eigenvalue weighted by molar-refractivity contribution is -0.390. The van der Waals surface area contributed by atoms with Crippen molar-refractivity contribution >= 4 is 11.8 Å². The molecule has 0 aromatic carbocycles. The summed E-state index contributed by atoms with van der Waals surface area (Å²) in [5, 5.41) is 20.1. The van der Waals surface area contributed by atoms with E-state index in [1.165, 1.54) is 4.57 Å². The Bertz CT molecular complexity index is 544. The molecule has 0 N–H and O–H groups in total. The molecule has 0 radical (unpaired) electrons. The predicted molar refractivity (Wildman–Crippen MR) is 64.3 cm³/mol. The van der Waals surface area contributed by atoms with E-state index in [0.29, 0.717) is 12.4 Å². The SMILES string of the molecule is CCOC(=O)C(C#N)c1c([N+](=O)[O-])nc(C)n1CC. The average Bonchev–Trinajstić information content (AvgIpc) is 2.68. The number of nitrogens with zero attached hydrogens (tertiary/aromatic N) is 4. The van der Waals surface area contributed by atoms with Crippen LogP contribution in [0.5, 0.6) is 0 Å². The van der Waals surface area contributed by atoms with Gasteiger partial charge in [0, 0.05) is 13.5 Å². The number of nitro groups is 1. The Labute approximate surface area is 109 Å². The fourth-order valence-corrected chi connectivity index (χ4v) is 1.84. The summed E-state index contributed by atoms with van der Waals surface area (Å²) < 4.78 is 6.24. The molecule has 1 unspecified atom stereocenters. The summed E-state index contributed by atoms with van der Waals surface area (Å²) in [4.78, 5) is 25.8. The summed E-state index contributed by atoms with van der Waals surface area (Å²) in [6.45, 7) is 5.41. The molecule has 1 heterocycles. The maximum atomic E-state index is 11.7. The van der Waals surface area contributed by atoms with Gasteiger partial charge in [0.25, 0.3) is 0 Å². The Morgan fingerprint density at radius 2 is 2.26 bits per heavy atom. The van der Waals surface area contributed by atoms with Gasteiger partial charge in [-0.15, -0.1) is 0 Å². The Morgan fingerprint density at radius 3 is 2.68 bits per heavy atom. The highest BCUT2D eigenvalue weighted by Crippen LogP contribution is 2.28. The largest absolute Gasteiger partial charge is 0.465 e. The van der Waals surface area contributed by atoms with Crippen LogP contribution in [-0.2, 0) is 16.1 Å². The van der Waals surface area contributed by atoms with E-state index in [0.717, 1.165) is 0 Å². The van der Waals surface area contributed by atoms with E-state index in [4.69, 9.17) is 10.00 Å². The van der Waals surface area contributed by atoms with E-state index in [9.17, 15) is 14.9 Å². The second-order valence-electron chi connectivity index (χ2n) is 3.68. The summed E-state index contributed by atoms with van der Waals surface area (Å²) in [5.74, 6) is -2.24. The van der Waals surface area contributed by atoms with E-state index < -0.39 is 22.6 Å². The number of aromatic nitrogens is 2. The van der Waals surface area contributed by atoms with Crippen molar-refractivity contribution in [1.82, 2.24) is 9.55 Å². The molecule has 8 heteroatoms. The molecule has 0 saturated carbocycles. The molecule has 0 amide bonds. The molecule has 0 aliphatic rings. The third-order valence-corrected chi connectivity index (χ3v) is 2.59. The molecule has 1 aromatic heterocycles. The average molecular weight is 266 g/mol. The molecular weight excluding hydrogens is 252 g/mol. The monoisotopic (exact) mass is 266 g/mol. The van der Waals surface area contributed by atoms with E-state index in [1.807, 2.05) is 0 Å². The van der Waals surface area contributed by atoms with Crippen molar-refractivity contribution in [3.05, 3.63) is 21.6 Å². The number of imidazole rings is 1. The lowest BCUT2D eigenvalue weighted by atomic mass is 10.1. The first-order valence-corrected chi connectivity index (χ1v) is 5.75. The van der Waals surface area contributed by atoms with Crippen molar-refractivity contribution in [2.24, 2.45) is 0 Å². The van der Waals surface area contributed by atoms with Gasteiger partial charge in [-0.2, -0.15) is 5.26 Å². The fraction of sp³-hybridized carbons (Fsp3) is 0.545. The summed E-state index contributed by atoms with van der Waals surface area (Å²) in [6, 6.07) is 1.75. The minimum absolute atomic E-state index is 0.0223. The minimum atomic E-state index is -1.35. The fourth-order valence-electron chi connectivity index (χ4n) is 1.84. The third kappa shape index (κ3) is 2.70. The molecular formula is C11H14N4O4. The number of carbonyl (C=O) groups is 1. The molecule has 1 aromatic rings. The Kier molecular flexibility index (Phi) is 4.58. The van der Waals surface area contributed by atoms with Crippen LogP contribution in [0, 0.1) is 28.4 Å². The summed E-state index contributed by atoms with van der Waals surface area (Å²) in [6.07, 6.45) is 0. The van der Waals surface area contributed by atoms with Gasteiger partial charge in [-0.1, -0.05) is 0 Å². The molecule has 102 valence electrons. The molecule has 8 nitrogen and oxygen atoms in total. The van der Waals surface area contributed by atoms with Crippen LogP contribution in [0.2, 0.25) is 0 Å². The van der Waals surface area contributed by atoms with Crippen molar-refractivity contribution < 1.29 is 14.5 Å². The van der Waals surface area contributed by atoms with Crippen molar-refractivity contribution in [1.29, 1.82) is 5.26 Å². The third-order valence-electron chi connectivity index (χ3n) is 2.59. The highest BCUT2D eigenvalue weighted by molar-refractivity contribution is 5.82. The zero-order valence-corrected chi connectivity index (χ0v) is 10.9. The minimum Gasteiger partial charge on any atom is -0.465 e. The van der Waals surface area contributed by atoms with Crippen LogP contribution in [0.1, 0.15) is 31.3 Å². The summed E-state index contributed by atoms with van der Waals surface area (Å²) in [5.41, 5.74) is -0.0223. The summed E-state index contributed by atoms with van der Waals surface area (Å²) in [7, 11) is 0. The van der Waals surface area contributed by atoms with Gasteiger partial charge in [0.05, 0.1) is 12.7 Å². The highest BCUT2D eigenvalue weighted by Gasteiger charge is 2.36. The van der Waals surface area contributed by atoms with E-state index in [1.54, 1.807) is 26.8 Å². The number of nitriles is 1. The van der Waals surface area contributed by atoms with Gasteiger partial charge < -0.3 is 19.4 Å². The van der Waals surface area contributed by atoms with Gasteiger partial charge in [0.2, 0.25) is 5.82 Å². The van der Waals surface area contributed by atoms with E-state index in [2.05, 4.69) is 4.98 Å². The predicted octanol–water partition coefficient (Wildman–Crippen LogP) is 1.29. The van der Waals surface area contributed by atoms with Gasteiger partial charge in [0.1, 0.15) is 5.69 Å². The van der Waals surface area contributed by atoms with Crippen LogP contribution in [-0.4, -0.2) is 27.1 Å². The van der Waals surface area contributed by atoms with E-state index >= 15 is 0 Å². The number of hydrogen-bond donors (Lipinski definition) is 0. The van der Waals surface area contributed by atoms with Crippen molar-refractivity contribution in [3.63, 3.8) is 0 Å². The maximum absolute atomic E-state index is 11.7. The Hall–Kier alpha value is -2.43. The maximum Gasteiger partial charge on any atom is 0.387 e. The van der Waals surface area contributed by atoms with Crippen LogP contribution < -0.4 is 0 Å². The Morgan fingerprint density at radius 1 is 1.63 bits per heavy atom. The zero-order chi connectivity index (χ0) is 14.6. The number of aryl methyl sites for hydroxylation is 1. The highest BCUT2D eigenvalue weighted by atomic mass is 16.6. The Balaban J connectivity index is 3.41. The second-order valence-corrected chi connectivity index (χ2v) is 3.68. The smallest absolute Gasteiger partial charge is 0.387 e. The molecule has 0 bridgehead atoms. The van der Waals surface area contributed by atoms with E-state index in [-0.39, 0.29) is 12.3 Å². The number of carbonyl (C=O) groups excluding carboxylic acids is 1. The lowest BCUT2D eigenvalue weighted by Crippen LogP contribution is -2.19. The van der Waals surface area contributed by atoms with Crippen LogP contribution in [0.25, 0.3) is 0 Å². The van der Waals surface area contributed by atoms with Gasteiger partial charge >= 0.3 is 11.8 Å². The van der Waals surface area contributed by atoms with Crippen LogP contribution in [0.15, 0.2) is 0 Å². The molecule has 0 aliphatic heterocycles.